The van der Waals surface area contributed by atoms with Gasteiger partial charge >= 0.3 is 0 Å². The molecule has 1 aliphatic rings. The van der Waals surface area contributed by atoms with E-state index in [4.69, 9.17) is 22.1 Å². The number of pyridine rings is 2. The topological polar surface area (TPSA) is 88.8 Å². The van der Waals surface area contributed by atoms with Gasteiger partial charge in [0.15, 0.2) is 0 Å². The van der Waals surface area contributed by atoms with Crippen molar-refractivity contribution >= 4 is 28.5 Å². The predicted octanol–water partition coefficient (Wildman–Crippen LogP) is 3.97. The Bertz CT molecular complexity index is 917. The molecule has 26 heavy (non-hydrogen) atoms. The minimum Gasteiger partial charge on any atom is -0.495 e. The minimum atomic E-state index is 0.324. The second-order valence-corrected chi connectivity index (χ2v) is 7.18. The van der Waals surface area contributed by atoms with E-state index in [1.165, 1.54) is 0 Å². The van der Waals surface area contributed by atoms with E-state index in [0.717, 1.165) is 59.4 Å². The molecule has 0 aromatic carbocycles. The number of ether oxygens (including phenoxy) is 1. The average Bonchev–Trinajstić information content (AvgIpc) is 3.06. The van der Waals surface area contributed by atoms with Gasteiger partial charge < -0.3 is 20.8 Å². The number of hydrogen-bond donors (Lipinski definition) is 3. The summed E-state index contributed by atoms with van der Waals surface area (Å²) in [4.78, 5) is 12.0. The number of methoxy groups -OCH3 is 1. The number of nitrogens with two attached hydrogens (primary N) is 1. The first-order chi connectivity index (χ1) is 12.6. The number of aromatic nitrogens is 3. The van der Waals surface area contributed by atoms with Gasteiger partial charge in [-0.25, -0.2) is 9.97 Å². The van der Waals surface area contributed by atoms with Gasteiger partial charge in [-0.1, -0.05) is 11.6 Å². The zero-order valence-corrected chi connectivity index (χ0v) is 15.4. The van der Waals surface area contributed by atoms with Crippen molar-refractivity contribution in [3.63, 3.8) is 0 Å². The zero-order valence-electron chi connectivity index (χ0n) is 14.6. The summed E-state index contributed by atoms with van der Waals surface area (Å²) in [5.41, 5.74) is 8.81. The summed E-state index contributed by atoms with van der Waals surface area (Å²) in [5.74, 6) is 1.51. The monoisotopic (exact) mass is 371 g/mol. The van der Waals surface area contributed by atoms with Crippen molar-refractivity contribution in [2.75, 3.05) is 12.4 Å². The first-order valence-electron chi connectivity index (χ1n) is 8.83. The number of anilines is 1. The number of halogens is 1. The van der Waals surface area contributed by atoms with Crippen molar-refractivity contribution in [1.29, 1.82) is 0 Å². The first kappa shape index (κ1) is 17.1. The van der Waals surface area contributed by atoms with Crippen LogP contribution in [0.1, 0.15) is 25.7 Å². The van der Waals surface area contributed by atoms with Crippen molar-refractivity contribution in [3.8, 4) is 16.9 Å². The van der Waals surface area contributed by atoms with Gasteiger partial charge in [-0.15, -0.1) is 0 Å². The molecule has 1 fully saturated rings. The molecule has 0 saturated heterocycles. The maximum absolute atomic E-state index is 6.30. The molecular weight excluding hydrogens is 350 g/mol. The van der Waals surface area contributed by atoms with Gasteiger partial charge in [0.2, 0.25) is 0 Å². The summed E-state index contributed by atoms with van der Waals surface area (Å²) in [6.45, 7) is 0. The number of H-pyrrole nitrogens is 1. The summed E-state index contributed by atoms with van der Waals surface area (Å²) in [5, 5.41) is 4.96. The van der Waals surface area contributed by atoms with Crippen LogP contribution in [0.5, 0.6) is 5.75 Å². The van der Waals surface area contributed by atoms with E-state index < -0.39 is 0 Å². The Balaban J connectivity index is 1.66. The fourth-order valence-corrected chi connectivity index (χ4v) is 3.74. The summed E-state index contributed by atoms with van der Waals surface area (Å²) in [7, 11) is 1.64. The summed E-state index contributed by atoms with van der Waals surface area (Å²) in [6.07, 6.45) is 7.82. The van der Waals surface area contributed by atoms with Crippen LogP contribution in [0.2, 0.25) is 5.15 Å². The van der Waals surface area contributed by atoms with Crippen molar-refractivity contribution in [3.05, 3.63) is 35.7 Å². The lowest BCUT2D eigenvalue weighted by atomic mass is 9.92. The Morgan fingerprint density at radius 2 is 2.04 bits per heavy atom. The number of nitrogens with one attached hydrogen (secondary N) is 2. The second-order valence-electron chi connectivity index (χ2n) is 6.79. The van der Waals surface area contributed by atoms with Crippen LogP contribution in [0.4, 0.5) is 5.82 Å². The largest absolute Gasteiger partial charge is 0.495 e. The van der Waals surface area contributed by atoms with Crippen molar-refractivity contribution < 1.29 is 4.74 Å². The van der Waals surface area contributed by atoms with Crippen LogP contribution in [-0.2, 0) is 0 Å². The molecule has 0 atom stereocenters. The molecule has 1 saturated carbocycles. The highest BCUT2D eigenvalue weighted by Crippen LogP contribution is 2.33. The van der Waals surface area contributed by atoms with E-state index in [-0.39, 0.29) is 0 Å². The highest BCUT2D eigenvalue weighted by molar-refractivity contribution is 6.29. The highest BCUT2D eigenvalue weighted by Gasteiger charge is 2.19. The Morgan fingerprint density at radius 1 is 1.23 bits per heavy atom. The molecule has 0 spiro atoms. The highest BCUT2D eigenvalue weighted by atomic mass is 35.5. The quantitative estimate of drug-likeness (QED) is 0.604. The third-order valence-corrected chi connectivity index (χ3v) is 5.16. The molecule has 3 aromatic rings. The molecule has 0 radical (unpaired) electrons. The molecule has 3 aromatic heterocycles. The summed E-state index contributed by atoms with van der Waals surface area (Å²) >= 11 is 6.30. The van der Waals surface area contributed by atoms with Gasteiger partial charge in [0.05, 0.1) is 13.3 Å². The molecule has 7 heteroatoms. The van der Waals surface area contributed by atoms with Gasteiger partial charge in [0.25, 0.3) is 0 Å². The van der Waals surface area contributed by atoms with Crippen LogP contribution < -0.4 is 15.8 Å². The standard InChI is InChI=1S/C19H22ClN5O/c1-26-14-8-15-16(10-23-19(15)22-9-14)11-6-17(20)25-18(7-11)24-13-4-2-12(21)3-5-13/h6-10,12-13H,2-5,21H2,1H3,(H,22,23)(H,24,25)/t12-,13-. The molecule has 0 bridgehead atoms. The average molecular weight is 372 g/mol. The lowest BCUT2D eigenvalue weighted by molar-refractivity contribution is 0.410. The van der Waals surface area contributed by atoms with Crippen LogP contribution in [0.3, 0.4) is 0 Å². The Hall–Kier alpha value is -2.31. The van der Waals surface area contributed by atoms with Gasteiger partial charge in [-0.05, 0) is 49.4 Å². The Morgan fingerprint density at radius 3 is 2.81 bits per heavy atom. The van der Waals surface area contributed by atoms with Gasteiger partial charge in [0.1, 0.15) is 22.4 Å². The van der Waals surface area contributed by atoms with E-state index in [1.807, 2.05) is 24.4 Å². The van der Waals surface area contributed by atoms with Crippen LogP contribution in [0, 0.1) is 0 Å². The van der Waals surface area contributed by atoms with Crippen LogP contribution in [0.25, 0.3) is 22.2 Å². The van der Waals surface area contributed by atoms with Crippen LogP contribution >= 0.6 is 11.6 Å². The van der Waals surface area contributed by atoms with Crippen LogP contribution in [-0.4, -0.2) is 34.1 Å². The molecule has 0 amide bonds. The number of aromatic amines is 1. The third kappa shape index (κ3) is 3.48. The summed E-state index contributed by atoms with van der Waals surface area (Å²) < 4.78 is 5.30. The SMILES string of the molecule is COc1cnc2[nH]cc(-c3cc(Cl)nc(N[C@H]4CC[C@H](N)CC4)c3)c2c1. The lowest BCUT2D eigenvalue weighted by Gasteiger charge is -2.27. The van der Waals surface area contributed by atoms with Crippen molar-refractivity contribution in [2.45, 2.75) is 37.8 Å². The molecule has 1 aliphatic carbocycles. The van der Waals surface area contributed by atoms with Gasteiger partial charge in [0, 0.05) is 29.2 Å². The molecule has 3 heterocycles. The minimum absolute atomic E-state index is 0.324. The molecule has 6 nitrogen and oxygen atoms in total. The molecule has 136 valence electrons. The van der Waals surface area contributed by atoms with E-state index >= 15 is 0 Å². The van der Waals surface area contributed by atoms with E-state index in [9.17, 15) is 0 Å². The third-order valence-electron chi connectivity index (χ3n) is 4.97. The fraction of sp³-hybridized carbons (Fsp3) is 0.368. The van der Waals surface area contributed by atoms with Gasteiger partial charge in [-0.2, -0.15) is 0 Å². The zero-order chi connectivity index (χ0) is 18.1. The number of hydrogen-bond acceptors (Lipinski definition) is 5. The van der Waals surface area contributed by atoms with Gasteiger partial charge in [-0.3, -0.25) is 0 Å². The lowest BCUT2D eigenvalue weighted by Crippen LogP contribution is -2.33. The maximum Gasteiger partial charge on any atom is 0.138 e. The molecule has 0 aliphatic heterocycles. The normalized spacial score (nSPS) is 20.3. The van der Waals surface area contributed by atoms with E-state index in [2.05, 4.69) is 20.3 Å². The van der Waals surface area contributed by atoms with Crippen molar-refractivity contribution in [2.24, 2.45) is 5.73 Å². The summed E-state index contributed by atoms with van der Waals surface area (Å²) in [6, 6.07) is 6.58. The van der Waals surface area contributed by atoms with E-state index in [0.29, 0.717) is 17.2 Å². The molecule has 4 N–H and O–H groups in total. The van der Waals surface area contributed by atoms with E-state index in [1.54, 1.807) is 13.3 Å². The Kier molecular flexibility index (Phi) is 4.70. The first-order valence-corrected chi connectivity index (χ1v) is 9.21. The number of fused-ring (bicyclic) bond motifs is 1. The molecule has 4 rings (SSSR count). The molecular formula is C19H22ClN5O. The van der Waals surface area contributed by atoms with Crippen LogP contribution in [0.15, 0.2) is 30.6 Å². The maximum atomic E-state index is 6.30. The molecule has 0 unspecified atom stereocenters. The predicted molar refractivity (Wildman–Crippen MR) is 105 cm³/mol. The second kappa shape index (κ2) is 7.13. The van der Waals surface area contributed by atoms with Crippen molar-refractivity contribution in [1.82, 2.24) is 15.0 Å². The Labute approximate surface area is 157 Å². The number of nitrogens with zero attached hydrogens (tertiary/aromatic N) is 2. The number of rotatable bonds is 4. The fourth-order valence-electron chi connectivity index (χ4n) is 3.53. The smallest absolute Gasteiger partial charge is 0.138 e.